The number of nitrogens with one attached hydrogen (secondary N) is 1. The number of benzene rings is 1. The van der Waals surface area contributed by atoms with Crippen LogP contribution < -0.4 is 26.6 Å². The van der Waals surface area contributed by atoms with Crippen molar-refractivity contribution in [2.45, 2.75) is 42.5 Å². The fourth-order valence-electron chi connectivity index (χ4n) is 7.17. The second kappa shape index (κ2) is 12.4. The molecule has 244 valence electrons. The Morgan fingerprint density at radius 2 is 1.76 bits per heavy atom. The van der Waals surface area contributed by atoms with Gasteiger partial charge >= 0.3 is 0 Å². The highest BCUT2D eigenvalue weighted by Gasteiger charge is 2.67. The minimum atomic E-state index is -3.82. The summed E-state index contributed by atoms with van der Waals surface area (Å²) in [6, 6.07) is 8.46. The van der Waals surface area contributed by atoms with Gasteiger partial charge in [-0.3, -0.25) is 9.59 Å². The molecule has 1 aromatic carbocycles. The second-order valence-corrected chi connectivity index (χ2v) is 14.8. The van der Waals surface area contributed by atoms with Crippen LogP contribution in [0.25, 0.3) is 0 Å². The quantitative estimate of drug-likeness (QED) is 0.258. The molecule has 0 bridgehead atoms. The zero-order valence-electron chi connectivity index (χ0n) is 24.7. The third kappa shape index (κ3) is 6.27. The van der Waals surface area contributed by atoms with Crippen LogP contribution in [0.3, 0.4) is 0 Å². The lowest BCUT2D eigenvalue weighted by molar-refractivity contribution is -0.125. The molecule has 15 heteroatoms. The number of fused-ring (bicyclic) bond motifs is 1. The number of hydrogen-bond donors (Lipinski definition) is 3. The number of halogens is 3. The Kier molecular flexibility index (Phi) is 8.80. The number of hydrogen-bond acceptors (Lipinski definition) is 8. The highest BCUT2D eigenvalue weighted by atomic mass is 35.5. The zero-order chi connectivity index (χ0) is 32.1. The van der Waals surface area contributed by atoms with Crippen LogP contribution in [0.15, 0.2) is 41.3 Å². The van der Waals surface area contributed by atoms with Crippen LogP contribution in [-0.4, -0.2) is 81.4 Å². The topological polar surface area (TPSA) is 155 Å². The van der Waals surface area contributed by atoms with Crippen molar-refractivity contribution in [3.8, 4) is 0 Å². The minimum absolute atomic E-state index is 0.0577. The molecule has 0 spiro atoms. The average Bonchev–Trinajstić information content (AvgIpc) is 3.34. The van der Waals surface area contributed by atoms with Crippen molar-refractivity contribution >= 4 is 44.9 Å². The van der Waals surface area contributed by atoms with Crippen LogP contribution in [-0.2, 0) is 25.5 Å². The standard InChI is InChI=1S/C30H38ClF2N7O4S/c31-25-14-19(30(32,33)28-23-12-18(13-24(23)28)29(42)36-7-1-6-34)15-26(37-25)38-8-10-39(11-9-38)45(43,44)22-4-2-21(3-5-22)40-17-20(35)16-27(40)41/h2-5,14-15,18,20,23-24,28H,1,6-13,16-17,34-35H2,(H,36,42)/t18?,20-,23?,24?,28?/m1/s1. The Bertz CT molecular complexity index is 1540. The number of pyridine rings is 1. The Hall–Kier alpha value is -2.91. The fourth-order valence-corrected chi connectivity index (χ4v) is 8.80. The number of nitrogens with zero attached hydrogens (tertiary/aromatic N) is 4. The number of piperazine rings is 1. The van der Waals surface area contributed by atoms with E-state index in [1.165, 1.54) is 28.6 Å². The molecule has 2 amide bonds. The van der Waals surface area contributed by atoms with Gasteiger partial charge in [0.1, 0.15) is 11.0 Å². The molecule has 2 unspecified atom stereocenters. The van der Waals surface area contributed by atoms with Crippen molar-refractivity contribution in [1.82, 2.24) is 14.6 Å². The molecule has 3 heterocycles. The van der Waals surface area contributed by atoms with Gasteiger partial charge in [-0.1, -0.05) is 11.6 Å². The zero-order valence-corrected chi connectivity index (χ0v) is 26.3. The molecule has 11 nitrogen and oxygen atoms in total. The van der Waals surface area contributed by atoms with E-state index in [4.69, 9.17) is 23.1 Å². The van der Waals surface area contributed by atoms with E-state index < -0.39 is 21.9 Å². The molecule has 4 aliphatic rings. The Morgan fingerprint density at radius 3 is 2.36 bits per heavy atom. The average molecular weight is 666 g/mol. The van der Waals surface area contributed by atoms with E-state index in [9.17, 15) is 18.0 Å². The van der Waals surface area contributed by atoms with E-state index >= 15 is 8.78 Å². The molecule has 2 aliphatic heterocycles. The molecule has 5 N–H and O–H groups in total. The molecule has 1 aromatic heterocycles. The predicted molar refractivity (Wildman–Crippen MR) is 165 cm³/mol. The van der Waals surface area contributed by atoms with Crippen molar-refractivity contribution < 1.29 is 26.8 Å². The molecular weight excluding hydrogens is 628 g/mol. The van der Waals surface area contributed by atoms with Crippen LogP contribution >= 0.6 is 11.6 Å². The normalized spacial score (nSPS) is 27.1. The minimum Gasteiger partial charge on any atom is -0.356 e. The molecule has 2 aliphatic carbocycles. The highest BCUT2D eigenvalue weighted by Crippen LogP contribution is 2.67. The van der Waals surface area contributed by atoms with Crippen molar-refractivity contribution in [1.29, 1.82) is 0 Å². The van der Waals surface area contributed by atoms with Gasteiger partial charge in [-0.05, 0) is 74.0 Å². The molecule has 2 aromatic rings. The number of sulfonamides is 1. The summed E-state index contributed by atoms with van der Waals surface area (Å²) in [5.74, 6) is -4.61. The van der Waals surface area contributed by atoms with Crippen molar-refractivity contribution in [2.75, 3.05) is 55.6 Å². The van der Waals surface area contributed by atoms with Crippen LogP contribution in [0.4, 0.5) is 20.3 Å². The number of aromatic nitrogens is 1. The molecule has 45 heavy (non-hydrogen) atoms. The van der Waals surface area contributed by atoms with Gasteiger partial charge in [0.25, 0.3) is 5.92 Å². The van der Waals surface area contributed by atoms with Crippen LogP contribution in [0, 0.1) is 23.7 Å². The van der Waals surface area contributed by atoms with Crippen LogP contribution in [0.2, 0.25) is 5.15 Å². The summed E-state index contributed by atoms with van der Waals surface area (Å²) in [6.45, 7) is 2.09. The van der Waals surface area contributed by atoms with Gasteiger partial charge in [0, 0.05) is 74.8 Å². The fraction of sp³-hybridized carbons (Fsp3) is 0.567. The first-order valence-electron chi connectivity index (χ1n) is 15.3. The van der Waals surface area contributed by atoms with Gasteiger partial charge < -0.3 is 26.6 Å². The lowest BCUT2D eigenvalue weighted by Gasteiger charge is -2.35. The molecule has 3 atom stereocenters. The molecule has 6 rings (SSSR count). The number of carbonyl (C=O) groups is 2. The molecule has 4 fully saturated rings. The van der Waals surface area contributed by atoms with Gasteiger partial charge in [0.2, 0.25) is 21.8 Å². The van der Waals surface area contributed by atoms with Gasteiger partial charge in [-0.2, -0.15) is 4.31 Å². The Balaban J connectivity index is 1.07. The number of carbonyl (C=O) groups excluding carboxylic acids is 2. The van der Waals surface area contributed by atoms with Crippen molar-refractivity contribution in [2.24, 2.45) is 35.1 Å². The Morgan fingerprint density at radius 1 is 1.09 bits per heavy atom. The van der Waals surface area contributed by atoms with E-state index in [2.05, 4.69) is 10.3 Å². The van der Waals surface area contributed by atoms with E-state index in [1.54, 1.807) is 21.9 Å². The summed E-state index contributed by atoms with van der Waals surface area (Å²) in [4.78, 5) is 32.2. The number of nitrogens with two attached hydrogens (primary N) is 2. The van der Waals surface area contributed by atoms with E-state index in [-0.39, 0.29) is 89.6 Å². The molecule has 2 saturated heterocycles. The first-order chi connectivity index (χ1) is 21.4. The molecule has 0 radical (unpaired) electrons. The second-order valence-electron chi connectivity index (χ2n) is 12.5. The van der Waals surface area contributed by atoms with Gasteiger partial charge in [-0.15, -0.1) is 0 Å². The number of rotatable bonds is 10. The number of anilines is 2. The summed E-state index contributed by atoms with van der Waals surface area (Å²) < 4.78 is 59.7. The number of amides is 2. The lowest BCUT2D eigenvalue weighted by Crippen LogP contribution is -2.49. The maximum atomic E-state index is 15.8. The van der Waals surface area contributed by atoms with Crippen molar-refractivity contribution in [3.63, 3.8) is 0 Å². The first-order valence-corrected chi connectivity index (χ1v) is 17.2. The van der Waals surface area contributed by atoms with Gasteiger partial charge in [0.05, 0.1) is 4.90 Å². The van der Waals surface area contributed by atoms with E-state index in [0.29, 0.717) is 44.6 Å². The van der Waals surface area contributed by atoms with E-state index in [0.717, 1.165) is 0 Å². The summed E-state index contributed by atoms with van der Waals surface area (Å²) >= 11 is 6.23. The van der Waals surface area contributed by atoms with Crippen molar-refractivity contribution in [3.05, 3.63) is 47.1 Å². The summed E-state index contributed by atoms with van der Waals surface area (Å²) in [6.07, 6.45) is 1.81. The summed E-state index contributed by atoms with van der Waals surface area (Å²) in [5, 5.41) is 2.79. The SMILES string of the molecule is NCCCNC(=O)C1CC2C(C1)C2C(F)(F)c1cc(Cl)nc(N2CCN(S(=O)(=O)c3ccc(N4C[C@H](N)CC4=O)cc3)CC2)c1. The third-order valence-electron chi connectivity index (χ3n) is 9.58. The van der Waals surface area contributed by atoms with Crippen LogP contribution in [0.5, 0.6) is 0 Å². The largest absolute Gasteiger partial charge is 0.356 e. The predicted octanol–water partition coefficient (Wildman–Crippen LogP) is 2.14. The van der Waals surface area contributed by atoms with E-state index in [1.807, 2.05) is 0 Å². The first kappa shape index (κ1) is 32.0. The summed E-state index contributed by atoms with van der Waals surface area (Å²) in [7, 11) is -3.82. The molecular formula is C30H38ClF2N7O4S. The molecule has 2 saturated carbocycles. The smallest absolute Gasteiger partial charge is 0.276 e. The maximum Gasteiger partial charge on any atom is 0.276 e. The number of alkyl halides is 2. The van der Waals surface area contributed by atoms with Gasteiger partial charge in [-0.25, -0.2) is 22.2 Å². The maximum absolute atomic E-state index is 15.8. The highest BCUT2D eigenvalue weighted by molar-refractivity contribution is 7.89. The lowest BCUT2D eigenvalue weighted by atomic mass is 9.93. The summed E-state index contributed by atoms with van der Waals surface area (Å²) in [5.41, 5.74) is 11.7. The van der Waals surface area contributed by atoms with Gasteiger partial charge in [0.15, 0.2) is 0 Å². The third-order valence-corrected chi connectivity index (χ3v) is 11.7. The monoisotopic (exact) mass is 665 g/mol. The Labute approximate surface area is 266 Å². The van der Waals surface area contributed by atoms with Crippen LogP contribution in [0.1, 0.15) is 31.2 Å².